The Hall–Kier alpha value is -2.41. The fourth-order valence-electron chi connectivity index (χ4n) is 3.47. The summed E-state index contributed by atoms with van der Waals surface area (Å²) >= 11 is 3.44. The summed E-state index contributed by atoms with van der Waals surface area (Å²) in [5, 5.41) is 7.64. The molecule has 4 rings (SSSR count). The van der Waals surface area contributed by atoms with Gasteiger partial charge in [-0.3, -0.25) is 4.79 Å². The molecule has 0 radical (unpaired) electrons. The lowest BCUT2D eigenvalue weighted by molar-refractivity contribution is -0.116. The molecular formula is C18H16BrN3O3. The van der Waals surface area contributed by atoms with Gasteiger partial charge in [0.2, 0.25) is 0 Å². The maximum absolute atomic E-state index is 12.6. The summed E-state index contributed by atoms with van der Waals surface area (Å²) in [5.74, 6) is 0.255. The topological polar surface area (TPSA) is 73.2 Å². The number of esters is 1. The number of nitrogens with zero attached hydrogens (tertiary/aromatic N) is 2. The maximum Gasteiger partial charge on any atom is 0.343 e. The summed E-state index contributed by atoms with van der Waals surface area (Å²) < 4.78 is 7.52. The molecule has 6 nitrogen and oxygen atoms in total. The zero-order valence-corrected chi connectivity index (χ0v) is 15.2. The highest BCUT2D eigenvalue weighted by Crippen LogP contribution is 2.41. The molecular weight excluding hydrogens is 386 g/mol. The van der Waals surface area contributed by atoms with Gasteiger partial charge in [-0.15, -0.1) is 0 Å². The molecule has 25 heavy (non-hydrogen) atoms. The van der Waals surface area contributed by atoms with Crippen LogP contribution in [0.1, 0.15) is 41.2 Å². The lowest BCUT2D eigenvalue weighted by Crippen LogP contribution is -2.31. The standard InChI is InChI=1S/C18H16BrN3O3/c1-25-18(24)12-9-20-22-16(10-5-7-11(19)8-6-10)15-13(21-17(12)22)3-2-4-14(15)23/h5-9,16,21H,2-4H2,1H3/t16-/m1/s1. The van der Waals surface area contributed by atoms with Crippen LogP contribution in [0, 0.1) is 0 Å². The number of ketones is 1. The normalized spacial score (nSPS) is 19.1. The number of ether oxygens (including phenoxy) is 1. The van der Waals surface area contributed by atoms with Crippen molar-refractivity contribution in [1.82, 2.24) is 9.78 Å². The molecule has 0 bridgehead atoms. The molecule has 1 aliphatic carbocycles. The Morgan fingerprint density at radius 3 is 2.80 bits per heavy atom. The van der Waals surface area contributed by atoms with Gasteiger partial charge in [0, 0.05) is 22.2 Å². The van der Waals surface area contributed by atoms with Crippen molar-refractivity contribution in [3.8, 4) is 0 Å². The minimum absolute atomic E-state index is 0.127. The molecule has 1 aromatic heterocycles. The van der Waals surface area contributed by atoms with E-state index < -0.39 is 5.97 Å². The van der Waals surface area contributed by atoms with E-state index in [0.29, 0.717) is 17.8 Å². The molecule has 0 spiro atoms. The van der Waals surface area contributed by atoms with Gasteiger partial charge >= 0.3 is 5.97 Å². The van der Waals surface area contributed by atoms with E-state index >= 15 is 0 Å². The zero-order valence-electron chi connectivity index (χ0n) is 13.6. The number of carbonyl (C=O) groups excluding carboxylic acids is 2. The number of rotatable bonds is 2. The van der Waals surface area contributed by atoms with Gasteiger partial charge in [-0.1, -0.05) is 28.1 Å². The third-order valence-corrected chi connectivity index (χ3v) is 5.16. The van der Waals surface area contributed by atoms with E-state index in [4.69, 9.17) is 4.74 Å². The molecule has 0 saturated heterocycles. The fraction of sp³-hybridized carbons (Fsp3) is 0.278. The van der Waals surface area contributed by atoms with Crippen molar-refractivity contribution in [2.75, 3.05) is 12.4 Å². The van der Waals surface area contributed by atoms with Gasteiger partial charge in [0.25, 0.3) is 0 Å². The monoisotopic (exact) mass is 401 g/mol. The Bertz CT molecular complexity index is 899. The minimum atomic E-state index is -0.450. The lowest BCUT2D eigenvalue weighted by atomic mass is 9.85. The number of anilines is 1. The Labute approximate surface area is 153 Å². The molecule has 128 valence electrons. The number of allylic oxidation sites excluding steroid dienone is 2. The number of fused-ring (bicyclic) bond motifs is 1. The second-order valence-electron chi connectivity index (χ2n) is 6.09. The predicted molar refractivity (Wildman–Crippen MR) is 95.4 cm³/mol. The highest BCUT2D eigenvalue weighted by molar-refractivity contribution is 9.10. The van der Waals surface area contributed by atoms with Crippen LogP contribution in [0.25, 0.3) is 0 Å². The number of hydrogen-bond donors (Lipinski definition) is 1. The molecule has 2 heterocycles. The average Bonchev–Trinajstić information content (AvgIpc) is 3.04. The lowest BCUT2D eigenvalue weighted by Gasteiger charge is -2.33. The summed E-state index contributed by atoms with van der Waals surface area (Å²) in [6, 6.07) is 7.47. The first-order valence-corrected chi connectivity index (χ1v) is 8.84. The Kier molecular flexibility index (Phi) is 3.95. The molecule has 2 aromatic rings. The van der Waals surface area contributed by atoms with E-state index in [0.717, 1.165) is 34.1 Å². The number of methoxy groups -OCH3 is 1. The maximum atomic E-state index is 12.6. The first-order valence-electron chi connectivity index (χ1n) is 8.04. The predicted octanol–water partition coefficient (Wildman–Crippen LogP) is 3.45. The minimum Gasteiger partial charge on any atom is -0.465 e. The van der Waals surface area contributed by atoms with Crippen molar-refractivity contribution in [3.05, 3.63) is 57.3 Å². The Balaban J connectivity index is 1.91. The van der Waals surface area contributed by atoms with Gasteiger partial charge in [-0.05, 0) is 30.5 Å². The fourth-order valence-corrected chi connectivity index (χ4v) is 3.74. The van der Waals surface area contributed by atoms with Gasteiger partial charge in [0.15, 0.2) is 5.78 Å². The number of benzene rings is 1. The Morgan fingerprint density at radius 2 is 2.08 bits per heavy atom. The molecule has 0 fully saturated rings. The quantitative estimate of drug-likeness (QED) is 0.779. The smallest absolute Gasteiger partial charge is 0.343 e. The van der Waals surface area contributed by atoms with Crippen molar-refractivity contribution in [1.29, 1.82) is 0 Å². The first-order chi connectivity index (χ1) is 12.1. The van der Waals surface area contributed by atoms with Crippen LogP contribution in [0.2, 0.25) is 0 Å². The van der Waals surface area contributed by atoms with Crippen molar-refractivity contribution in [2.45, 2.75) is 25.3 Å². The van der Waals surface area contributed by atoms with E-state index in [1.54, 1.807) is 4.68 Å². The third-order valence-electron chi connectivity index (χ3n) is 4.63. The molecule has 1 aromatic carbocycles. The van der Waals surface area contributed by atoms with Crippen LogP contribution in [0.15, 0.2) is 46.2 Å². The SMILES string of the molecule is COC(=O)c1cnn2c1NC1=C(C(=O)CCC1)[C@H]2c1ccc(Br)cc1. The van der Waals surface area contributed by atoms with E-state index in [1.807, 2.05) is 24.3 Å². The second kappa shape index (κ2) is 6.15. The van der Waals surface area contributed by atoms with E-state index in [9.17, 15) is 9.59 Å². The highest BCUT2D eigenvalue weighted by atomic mass is 79.9. The molecule has 7 heteroatoms. The van der Waals surface area contributed by atoms with E-state index in [2.05, 4.69) is 26.3 Å². The van der Waals surface area contributed by atoms with Gasteiger partial charge in [-0.2, -0.15) is 5.10 Å². The van der Waals surface area contributed by atoms with E-state index in [-0.39, 0.29) is 11.8 Å². The van der Waals surface area contributed by atoms with Crippen LogP contribution < -0.4 is 5.32 Å². The molecule has 0 saturated carbocycles. The largest absolute Gasteiger partial charge is 0.465 e. The molecule has 1 atom stereocenters. The number of hydrogen-bond acceptors (Lipinski definition) is 5. The van der Waals surface area contributed by atoms with Crippen molar-refractivity contribution >= 4 is 33.5 Å². The molecule has 0 amide bonds. The van der Waals surface area contributed by atoms with Crippen LogP contribution in [0.4, 0.5) is 5.82 Å². The van der Waals surface area contributed by atoms with Gasteiger partial charge in [0.05, 0.1) is 13.3 Å². The molecule has 0 unspecified atom stereocenters. The average molecular weight is 402 g/mol. The Morgan fingerprint density at radius 1 is 1.32 bits per heavy atom. The van der Waals surface area contributed by atoms with Crippen molar-refractivity contribution < 1.29 is 14.3 Å². The third kappa shape index (κ3) is 2.59. The van der Waals surface area contributed by atoms with E-state index in [1.165, 1.54) is 13.3 Å². The number of aromatic nitrogens is 2. The van der Waals surface area contributed by atoms with Crippen LogP contribution in [-0.2, 0) is 9.53 Å². The zero-order chi connectivity index (χ0) is 17.6. The van der Waals surface area contributed by atoms with Crippen LogP contribution in [0.5, 0.6) is 0 Å². The summed E-state index contributed by atoms with van der Waals surface area (Å²) in [5.41, 5.74) is 2.94. The van der Waals surface area contributed by atoms with Crippen molar-refractivity contribution in [3.63, 3.8) is 0 Å². The van der Waals surface area contributed by atoms with Crippen LogP contribution in [0.3, 0.4) is 0 Å². The van der Waals surface area contributed by atoms with Gasteiger partial charge < -0.3 is 10.1 Å². The van der Waals surface area contributed by atoms with Crippen molar-refractivity contribution in [2.24, 2.45) is 0 Å². The van der Waals surface area contributed by atoms with Gasteiger partial charge in [-0.25, -0.2) is 9.48 Å². The van der Waals surface area contributed by atoms with Crippen LogP contribution >= 0.6 is 15.9 Å². The number of Topliss-reactive ketones (excluding diaryl/α,β-unsaturated/α-hetero) is 1. The highest BCUT2D eigenvalue weighted by Gasteiger charge is 2.37. The second-order valence-corrected chi connectivity index (χ2v) is 7.01. The first kappa shape index (κ1) is 16.1. The number of carbonyl (C=O) groups is 2. The molecule has 1 N–H and O–H groups in total. The molecule has 1 aliphatic heterocycles. The number of halogens is 1. The van der Waals surface area contributed by atoms with Gasteiger partial charge in [0.1, 0.15) is 17.4 Å². The summed E-state index contributed by atoms with van der Waals surface area (Å²) in [6.07, 6.45) is 3.61. The summed E-state index contributed by atoms with van der Waals surface area (Å²) in [7, 11) is 1.34. The number of nitrogens with one attached hydrogen (secondary N) is 1. The van der Waals surface area contributed by atoms with Crippen LogP contribution in [-0.4, -0.2) is 28.6 Å². The summed E-state index contributed by atoms with van der Waals surface area (Å²) in [6.45, 7) is 0. The summed E-state index contributed by atoms with van der Waals surface area (Å²) in [4.78, 5) is 24.7. The molecule has 2 aliphatic rings.